The summed E-state index contributed by atoms with van der Waals surface area (Å²) in [7, 11) is 0. The van der Waals surface area contributed by atoms with Crippen molar-refractivity contribution < 1.29 is 4.79 Å². The minimum absolute atomic E-state index is 0. The molecule has 0 radical (unpaired) electrons. The van der Waals surface area contributed by atoms with Gasteiger partial charge in [0.1, 0.15) is 0 Å². The maximum atomic E-state index is 12.4. The molecule has 1 amide bonds. The van der Waals surface area contributed by atoms with Gasteiger partial charge in [0, 0.05) is 13.1 Å². The van der Waals surface area contributed by atoms with Crippen LogP contribution in [0.4, 0.5) is 0 Å². The van der Waals surface area contributed by atoms with E-state index in [0.29, 0.717) is 12.5 Å². The Kier molecular flexibility index (Phi) is 6.20. The summed E-state index contributed by atoms with van der Waals surface area (Å²) in [6, 6.07) is 18.5. The summed E-state index contributed by atoms with van der Waals surface area (Å²) in [4.78, 5) is 12.4. The van der Waals surface area contributed by atoms with E-state index in [-0.39, 0.29) is 24.4 Å². The Morgan fingerprint density at radius 2 is 1.78 bits per heavy atom. The number of amides is 1. The fourth-order valence-electron chi connectivity index (χ4n) is 2.92. The van der Waals surface area contributed by atoms with E-state index in [2.05, 4.69) is 41.8 Å². The number of halogens is 1. The van der Waals surface area contributed by atoms with Crippen molar-refractivity contribution in [2.45, 2.75) is 31.8 Å². The van der Waals surface area contributed by atoms with Crippen LogP contribution in [0.15, 0.2) is 54.6 Å². The Hall–Kier alpha value is -1.84. The van der Waals surface area contributed by atoms with Crippen LogP contribution in [-0.2, 0) is 17.8 Å². The van der Waals surface area contributed by atoms with Gasteiger partial charge in [0.05, 0.1) is 6.04 Å². The van der Waals surface area contributed by atoms with Crippen LogP contribution in [0.5, 0.6) is 0 Å². The highest BCUT2D eigenvalue weighted by atomic mass is 35.5. The van der Waals surface area contributed by atoms with Gasteiger partial charge in [0.15, 0.2) is 0 Å². The van der Waals surface area contributed by atoms with Crippen LogP contribution in [0.1, 0.15) is 29.5 Å². The van der Waals surface area contributed by atoms with Crippen LogP contribution in [0.25, 0.3) is 0 Å². The van der Waals surface area contributed by atoms with Crippen molar-refractivity contribution in [2.75, 3.05) is 6.54 Å². The largest absolute Gasteiger partial charge is 0.354 e. The Labute approximate surface area is 143 Å². The third kappa shape index (κ3) is 4.34. The molecule has 1 aliphatic heterocycles. The number of rotatable bonds is 4. The Bertz CT molecular complexity index is 645. The minimum Gasteiger partial charge on any atom is -0.354 e. The summed E-state index contributed by atoms with van der Waals surface area (Å²) in [5, 5.41) is 6.41. The zero-order valence-corrected chi connectivity index (χ0v) is 14.1. The van der Waals surface area contributed by atoms with Crippen LogP contribution < -0.4 is 10.6 Å². The molecule has 2 aromatic rings. The molecule has 2 N–H and O–H groups in total. The first-order valence-electron chi connectivity index (χ1n) is 7.87. The molecule has 1 heterocycles. The molecular weight excluding hydrogens is 308 g/mol. The SMILES string of the molecule is CC(CNC(=O)C1Cc2ccccc2CN1)c1ccccc1.Cl. The van der Waals surface area contributed by atoms with Crippen molar-refractivity contribution in [1.82, 2.24) is 10.6 Å². The van der Waals surface area contributed by atoms with E-state index < -0.39 is 0 Å². The van der Waals surface area contributed by atoms with Crippen molar-refractivity contribution in [1.29, 1.82) is 0 Å². The van der Waals surface area contributed by atoms with Gasteiger partial charge in [0.2, 0.25) is 5.91 Å². The Morgan fingerprint density at radius 1 is 1.13 bits per heavy atom. The molecule has 122 valence electrons. The molecule has 1 aliphatic rings. The number of hydrogen-bond acceptors (Lipinski definition) is 2. The molecule has 2 unspecified atom stereocenters. The average Bonchev–Trinajstić information content (AvgIpc) is 2.59. The molecule has 3 rings (SSSR count). The van der Waals surface area contributed by atoms with Crippen LogP contribution in [0.3, 0.4) is 0 Å². The zero-order chi connectivity index (χ0) is 15.4. The maximum Gasteiger partial charge on any atom is 0.237 e. The smallest absolute Gasteiger partial charge is 0.237 e. The topological polar surface area (TPSA) is 41.1 Å². The summed E-state index contributed by atoms with van der Waals surface area (Å²) >= 11 is 0. The van der Waals surface area contributed by atoms with Gasteiger partial charge >= 0.3 is 0 Å². The van der Waals surface area contributed by atoms with E-state index in [0.717, 1.165) is 13.0 Å². The molecular formula is C19H23ClN2O. The maximum absolute atomic E-state index is 12.4. The van der Waals surface area contributed by atoms with E-state index in [1.165, 1.54) is 16.7 Å². The van der Waals surface area contributed by atoms with Crippen molar-refractivity contribution in [3.05, 3.63) is 71.3 Å². The highest BCUT2D eigenvalue weighted by Crippen LogP contribution is 2.17. The van der Waals surface area contributed by atoms with E-state index in [1.807, 2.05) is 30.3 Å². The van der Waals surface area contributed by atoms with Crippen LogP contribution in [0.2, 0.25) is 0 Å². The molecule has 23 heavy (non-hydrogen) atoms. The van der Waals surface area contributed by atoms with Gasteiger partial charge in [-0.2, -0.15) is 0 Å². The predicted molar refractivity (Wildman–Crippen MR) is 95.9 cm³/mol. The number of carbonyl (C=O) groups excluding carboxylic acids is 1. The van der Waals surface area contributed by atoms with Crippen molar-refractivity contribution >= 4 is 18.3 Å². The number of nitrogens with one attached hydrogen (secondary N) is 2. The number of fused-ring (bicyclic) bond motifs is 1. The van der Waals surface area contributed by atoms with Crippen molar-refractivity contribution in [3.63, 3.8) is 0 Å². The van der Waals surface area contributed by atoms with Gasteiger partial charge in [-0.15, -0.1) is 12.4 Å². The second-order valence-electron chi connectivity index (χ2n) is 5.96. The zero-order valence-electron chi connectivity index (χ0n) is 13.3. The summed E-state index contributed by atoms with van der Waals surface area (Å²) in [5.41, 5.74) is 3.83. The number of hydrogen-bond donors (Lipinski definition) is 2. The van der Waals surface area contributed by atoms with Crippen molar-refractivity contribution in [2.24, 2.45) is 0 Å². The van der Waals surface area contributed by atoms with Gasteiger partial charge in [0.25, 0.3) is 0 Å². The lowest BCUT2D eigenvalue weighted by atomic mass is 9.95. The van der Waals surface area contributed by atoms with Crippen LogP contribution in [-0.4, -0.2) is 18.5 Å². The second-order valence-corrected chi connectivity index (χ2v) is 5.96. The Balaban J connectivity index is 0.00000192. The van der Waals surface area contributed by atoms with E-state index in [1.54, 1.807) is 0 Å². The summed E-state index contributed by atoms with van der Waals surface area (Å²) in [6.45, 7) is 3.57. The lowest BCUT2D eigenvalue weighted by Crippen LogP contribution is -2.48. The molecule has 0 fully saturated rings. The molecule has 0 spiro atoms. The van der Waals surface area contributed by atoms with Gasteiger partial charge < -0.3 is 10.6 Å². The molecule has 0 saturated heterocycles. The third-order valence-electron chi connectivity index (χ3n) is 4.35. The Morgan fingerprint density at radius 3 is 2.52 bits per heavy atom. The van der Waals surface area contributed by atoms with Gasteiger partial charge in [-0.1, -0.05) is 61.5 Å². The molecule has 2 atom stereocenters. The molecule has 2 aromatic carbocycles. The first-order chi connectivity index (χ1) is 10.7. The van der Waals surface area contributed by atoms with E-state index in [4.69, 9.17) is 0 Å². The number of benzene rings is 2. The summed E-state index contributed by atoms with van der Waals surface area (Å²) in [5.74, 6) is 0.415. The molecule has 0 aliphatic carbocycles. The highest BCUT2D eigenvalue weighted by molar-refractivity contribution is 5.85. The quantitative estimate of drug-likeness (QED) is 0.904. The number of carbonyl (C=O) groups is 1. The fraction of sp³-hybridized carbons (Fsp3) is 0.316. The highest BCUT2D eigenvalue weighted by Gasteiger charge is 2.23. The summed E-state index contributed by atoms with van der Waals surface area (Å²) in [6.07, 6.45) is 0.766. The minimum atomic E-state index is -0.127. The van der Waals surface area contributed by atoms with Gasteiger partial charge in [-0.3, -0.25) is 4.79 Å². The van der Waals surface area contributed by atoms with Crippen LogP contribution in [0, 0.1) is 0 Å². The van der Waals surface area contributed by atoms with Gasteiger partial charge in [-0.25, -0.2) is 0 Å². The molecule has 3 nitrogen and oxygen atoms in total. The monoisotopic (exact) mass is 330 g/mol. The lowest BCUT2D eigenvalue weighted by molar-refractivity contribution is -0.123. The van der Waals surface area contributed by atoms with Crippen LogP contribution >= 0.6 is 12.4 Å². The van der Waals surface area contributed by atoms with Gasteiger partial charge in [-0.05, 0) is 29.0 Å². The lowest BCUT2D eigenvalue weighted by Gasteiger charge is -2.26. The second kappa shape index (κ2) is 8.14. The molecule has 4 heteroatoms. The normalized spacial score (nSPS) is 17.5. The van der Waals surface area contributed by atoms with E-state index in [9.17, 15) is 4.79 Å². The third-order valence-corrected chi connectivity index (χ3v) is 4.35. The van der Waals surface area contributed by atoms with Crippen molar-refractivity contribution in [3.8, 4) is 0 Å². The molecule has 0 aromatic heterocycles. The van der Waals surface area contributed by atoms with E-state index >= 15 is 0 Å². The standard InChI is InChI=1S/C19H22N2O.ClH/c1-14(15-7-3-2-4-8-15)12-21-19(22)18-11-16-9-5-6-10-17(16)13-20-18;/h2-10,14,18,20H,11-13H2,1H3,(H,21,22);1H. The first kappa shape index (κ1) is 17.5. The fourth-order valence-corrected chi connectivity index (χ4v) is 2.92. The predicted octanol–water partition coefficient (Wildman–Crippen LogP) is 3.04. The summed E-state index contributed by atoms with van der Waals surface area (Å²) < 4.78 is 0. The first-order valence-corrected chi connectivity index (χ1v) is 7.87. The molecule has 0 saturated carbocycles. The average molecular weight is 331 g/mol. The molecule has 0 bridgehead atoms.